The summed E-state index contributed by atoms with van der Waals surface area (Å²) in [7, 11) is 0. The molecule has 0 aliphatic rings. The lowest BCUT2D eigenvalue weighted by Crippen LogP contribution is -2.23. The molecule has 70 valence electrons. The van der Waals surface area contributed by atoms with Crippen molar-refractivity contribution in [2.24, 2.45) is 0 Å². The number of aliphatic hydroxyl groups is 1. The molecule has 0 rings (SSSR count). The maximum atomic E-state index is 11.9. The SMILES string of the molecule is C=C(C)CC(O)C(=C)C(F)(F)F. The molecule has 0 aromatic heterocycles. The van der Waals surface area contributed by atoms with Crippen LogP contribution < -0.4 is 0 Å². The molecule has 0 radical (unpaired) electrons. The van der Waals surface area contributed by atoms with Crippen molar-refractivity contribution in [3.8, 4) is 0 Å². The van der Waals surface area contributed by atoms with Gasteiger partial charge in [0, 0.05) is 0 Å². The van der Waals surface area contributed by atoms with Crippen LogP contribution in [0.2, 0.25) is 0 Å². The fourth-order valence-corrected chi connectivity index (χ4v) is 0.642. The summed E-state index contributed by atoms with van der Waals surface area (Å²) in [6.45, 7) is 7.70. The molecule has 0 amide bonds. The first kappa shape index (κ1) is 11.2. The normalized spacial score (nSPS) is 14.1. The van der Waals surface area contributed by atoms with Gasteiger partial charge in [0.25, 0.3) is 0 Å². The highest BCUT2D eigenvalue weighted by atomic mass is 19.4. The van der Waals surface area contributed by atoms with Crippen LogP contribution >= 0.6 is 0 Å². The Labute approximate surface area is 69.2 Å². The second-order valence-electron chi connectivity index (χ2n) is 2.70. The van der Waals surface area contributed by atoms with E-state index in [2.05, 4.69) is 13.2 Å². The van der Waals surface area contributed by atoms with E-state index in [-0.39, 0.29) is 6.42 Å². The topological polar surface area (TPSA) is 20.2 Å². The molecular formula is C8H11F3O. The number of alkyl halides is 3. The number of halogens is 3. The van der Waals surface area contributed by atoms with Crippen molar-refractivity contribution in [1.82, 2.24) is 0 Å². The summed E-state index contributed by atoms with van der Waals surface area (Å²) in [5.74, 6) is 0. The largest absolute Gasteiger partial charge is 0.414 e. The van der Waals surface area contributed by atoms with Crippen LogP contribution in [0.25, 0.3) is 0 Å². The zero-order valence-electron chi connectivity index (χ0n) is 6.78. The second-order valence-corrected chi connectivity index (χ2v) is 2.70. The van der Waals surface area contributed by atoms with Crippen LogP contribution in [0.15, 0.2) is 24.3 Å². The van der Waals surface area contributed by atoms with Crippen LogP contribution in [-0.4, -0.2) is 17.4 Å². The Balaban J connectivity index is 4.21. The molecule has 0 saturated carbocycles. The molecule has 12 heavy (non-hydrogen) atoms. The molecule has 0 saturated heterocycles. The Hall–Kier alpha value is -0.770. The van der Waals surface area contributed by atoms with Gasteiger partial charge in [0.05, 0.1) is 11.7 Å². The summed E-state index contributed by atoms with van der Waals surface area (Å²) in [5, 5.41) is 8.94. The van der Waals surface area contributed by atoms with E-state index in [1.165, 1.54) is 0 Å². The van der Waals surface area contributed by atoms with Gasteiger partial charge in [-0.2, -0.15) is 13.2 Å². The first-order chi connectivity index (χ1) is 5.25. The van der Waals surface area contributed by atoms with Gasteiger partial charge in [-0.25, -0.2) is 0 Å². The van der Waals surface area contributed by atoms with Gasteiger partial charge in [0.15, 0.2) is 0 Å². The van der Waals surface area contributed by atoms with E-state index in [0.29, 0.717) is 5.57 Å². The van der Waals surface area contributed by atoms with Crippen molar-refractivity contribution in [3.05, 3.63) is 24.3 Å². The molecule has 1 N–H and O–H groups in total. The van der Waals surface area contributed by atoms with E-state index in [1.54, 1.807) is 6.92 Å². The maximum Gasteiger partial charge on any atom is 0.414 e. The molecule has 0 heterocycles. The summed E-state index contributed by atoms with van der Waals surface area (Å²) in [6, 6.07) is 0. The zero-order valence-corrected chi connectivity index (χ0v) is 6.78. The lowest BCUT2D eigenvalue weighted by atomic mass is 10.0. The number of aliphatic hydroxyl groups excluding tert-OH is 1. The van der Waals surface area contributed by atoms with Crippen molar-refractivity contribution in [3.63, 3.8) is 0 Å². The van der Waals surface area contributed by atoms with Crippen LogP contribution in [0.5, 0.6) is 0 Å². The quantitative estimate of drug-likeness (QED) is 0.661. The van der Waals surface area contributed by atoms with E-state index in [4.69, 9.17) is 5.11 Å². The van der Waals surface area contributed by atoms with Gasteiger partial charge in [0.1, 0.15) is 0 Å². The lowest BCUT2D eigenvalue weighted by Gasteiger charge is -2.15. The molecule has 0 aromatic rings. The Kier molecular flexibility index (Phi) is 3.52. The predicted molar refractivity (Wildman–Crippen MR) is 40.6 cm³/mol. The van der Waals surface area contributed by atoms with Crippen LogP contribution in [0, 0.1) is 0 Å². The maximum absolute atomic E-state index is 11.9. The van der Waals surface area contributed by atoms with E-state index in [0.717, 1.165) is 0 Å². The van der Waals surface area contributed by atoms with E-state index in [9.17, 15) is 13.2 Å². The minimum Gasteiger partial charge on any atom is -0.388 e. The monoisotopic (exact) mass is 180 g/mol. The second kappa shape index (κ2) is 3.76. The first-order valence-electron chi connectivity index (χ1n) is 3.33. The minimum atomic E-state index is -4.52. The lowest BCUT2D eigenvalue weighted by molar-refractivity contribution is -0.104. The zero-order chi connectivity index (χ0) is 9.94. The van der Waals surface area contributed by atoms with E-state index in [1.807, 2.05) is 0 Å². The highest BCUT2D eigenvalue weighted by Gasteiger charge is 2.35. The van der Waals surface area contributed by atoms with Crippen LogP contribution in [0.1, 0.15) is 13.3 Å². The Morgan fingerprint density at radius 3 is 2.08 bits per heavy atom. The van der Waals surface area contributed by atoms with Gasteiger partial charge >= 0.3 is 6.18 Å². The fraction of sp³-hybridized carbons (Fsp3) is 0.500. The van der Waals surface area contributed by atoms with Crippen LogP contribution in [0.4, 0.5) is 13.2 Å². The predicted octanol–water partition coefficient (Wildman–Crippen LogP) is 2.43. The molecular weight excluding hydrogens is 169 g/mol. The Morgan fingerprint density at radius 1 is 1.42 bits per heavy atom. The summed E-state index contributed by atoms with van der Waals surface area (Å²) in [6.07, 6.45) is -6.18. The first-order valence-corrected chi connectivity index (χ1v) is 3.33. The number of rotatable bonds is 3. The summed E-state index contributed by atoms with van der Waals surface area (Å²) in [5.41, 5.74) is -0.626. The molecule has 4 heteroatoms. The van der Waals surface area contributed by atoms with E-state index >= 15 is 0 Å². The van der Waals surface area contributed by atoms with E-state index < -0.39 is 17.9 Å². The molecule has 1 atom stereocenters. The van der Waals surface area contributed by atoms with Gasteiger partial charge in [-0.1, -0.05) is 12.2 Å². The standard InChI is InChI=1S/C8H11F3O/c1-5(2)4-7(12)6(3)8(9,10)11/h7,12H,1,3-4H2,2H3. The van der Waals surface area contributed by atoms with Gasteiger partial charge in [-0.05, 0) is 13.3 Å². The summed E-state index contributed by atoms with van der Waals surface area (Å²) >= 11 is 0. The molecule has 1 unspecified atom stereocenters. The highest BCUT2D eigenvalue weighted by Crippen LogP contribution is 2.28. The molecule has 1 nitrogen and oxygen atoms in total. The van der Waals surface area contributed by atoms with Gasteiger partial charge in [-0.15, -0.1) is 6.58 Å². The molecule has 0 aliphatic carbocycles. The van der Waals surface area contributed by atoms with Crippen molar-refractivity contribution >= 4 is 0 Å². The van der Waals surface area contributed by atoms with Crippen molar-refractivity contribution in [2.75, 3.05) is 0 Å². The highest BCUT2D eigenvalue weighted by molar-refractivity contribution is 5.12. The van der Waals surface area contributed by atoms with Crippen molar-refractivity contribution in [1.29, 1.82) is 0 Å². The third kappa shape index (κ3) is 3.57. The number of hydrogen-bond acceptors (Lipinski definition) is 1. The molecule has 0 fully saturated rings. The third-order valence-electron chi connectivity index (χ3n) is 1.31. The molecule has 0 spiro atoms. The smallest absolute Gasteiger partial charge is 0.388 e. The summed E-state index contributed by atoms with van der Waals surface area (Å²) in [4.78, 5) is 0. The molecule has 0 aromatic carbocycles. The molecule has 0 aliphatic heterocycles. The average Bonchev–Trinajstić information content (AvgIpc) is 1.82. The van der Waals surface area contributed by atoms with Crippen molar-refractivity contribution in [2.45, 2.75) is 25.6 Å². The minimum absolute atomic E-state index is 0.0989. The van der Waals surface area contributed by atoms with Crippen molar-refractivity contribution < 1.29 is 18.3 Å². The molecule has 0 bridgehead atoms. The Morgan fingerprint density at radius 2 is 1.83 bits per heavy atom. The van der Waals surface area contributed by atoms with Gasteiger partial charge < -0.3 is 5.11 Å². The van der Waals surface area contributed by atoms with Gasteiger partial charge in [0.2, 0.25) is 0 Å². The fourth-order valence-electron chi connectivity index (χ4n) is 0.642. The third-order valence-corrected chi connectivity index (χ3v) is 1.31. The van der Waals surface area contributed by atoms with Crippen LogP contribution in [-0.2, 0) is 0 Å². The number of hydrogen-bond donors (Lipinski definition) is 1. The Bertz CT molecular complexity index is 193. The summed E-state index contributed by atoms with van der Waals surface area (Å²) < 4.78 is 35.6. The van der Waals surface area contributed by atoms with Crippen LogP contribution in [0.3, 0.4) is 0 Å². The average molecular weight is 180 g/mol. The van der Waals surface area contributed by atoms with Gasteiger partial charge in [-0.3, -0.25) is 0 Å².